The van der Waals surface area contributed by atoms with Crippen molar-refractivity contribution in [1.29, 1.82) is 0 Å². The summed E-state index contributed by atoms with van der Waals surface area (Å²) in [4.78, 5) is 27.7. The number of hydrogen-bond acceptors (Lipinski definition) is 6. The van der Waals surface area contributed by atoms with E-state index in [1.165, 1.54) is 13.1 Å². The highest BCUT2D eigenvalue weighted by Crippen LogP contribution is 2.27. The molecule has 2 heterocycles. The predicted octanol–water partition coefficient (Wildman–Crippen LogP) is 1.34. The van der Waals surface area contributed by atoms with Gasteiger partial charge in [-0.1, -0.05) is 0 Å². The van der Waals surface area contributed by atoms with Crippen molar-refractivity contribution >= 4 is 11.8 Å². The number of ether oxygens (including phenoxy) is 1. The van der Waals surface area contributed by atoms with E-state index in [0.717, 1.165) is 18.4 Å². The SMILES string of the molecule is CNC(=O)c1[nH]c(C(=O)N[C@H]2CC[C@@H](O)CC2)cc1OC(C)c1ccnnc1. The number of H-pyrrole nitrogens is 1. The molecule has 28 heavy (non-hydrogen) atoms. The number of aromatic amines is 1. The van der Waals surface area contributed by atoms with Gasteiger partial charge in [-0.2, -0.15) is 10.2 Å². The van der Waals surface area contributed by atoms with Crippen molar-refractivity contribution in [3.8, 4) is 5.75 Å². The summed E-state index contributed by atoms with van der Waals surface area (Å²) < 4.78 is 5.92. The maximum atomic E-state index is 12.6. The molecule has 9 heteroatoms. The van der Waals surface area contributed by atoms with Crippen LogP contribution in [-0.2, 0) is 0 Å². The first-order chi connectivity index (χ1) is 13.5. The summed E-state index contributed by atoms with van der Waals surface area (Å²) in [6, 6.07) is 3.31. The lowest BCUT2D eigenvalue weighted by molar-refractivity contribution is 0.0863. The molecule has 150 valence electrons. The Bertz CT molecular complexity index is 815. The minimum absolute atomic E-state index is 0.00818. The number of carbonyl (C=O) groups is 2. The molecule has 0 aromatic carbocycles. The minimum Gasteiger partial charge on any atom is -0.483 e. The van der Waals surface area contributed by atoms with E-state index in [0.29, 0.717) is 12.8 Å². The smallest absolute Gasteiger partial charge is 0.271 e. The molecule has 1 saturated carbocycles. The van der Waals surface area contributed by atoms with Crippen molar-refractivity contribution in [3.05, 3.63) is 41.5 Å². The fourth-order valence-electron chi connectivity index (χ4n) is 3.23. The van der Waals surface area contributed by atoms with Gasteiger partial charge < -0.3 is 25.5 Å². The maximum absolute atomic E-state index is 12.6. The average molecular weight is 387 g/mol. The van der Waals surface area contributed by atoms with E-state index in [1.54, 1.807) is 18.5 Å². The summed E-state index contributed by atoms with van der Waals surface area (Å²) in [6.45, 7) is 1.82. The van der Waals surface area contributed by atoms with E-state index in [-0.39, 0.29) is 47.2 Å². The van der Waals surface area contributed by atoms with E-state index < -0.39 is 0 Å². The van der Waals surface area contributed by atoms with Gasteiger partial charge in [0.25, 0.3) is 11.8 Å². The molecule has 0 spiro atoms. The zero-order valence-electron chi connectivity index (χ0n) is 15.9. The maximum Gasteiger partial charge on any atom is 0.271 e. The molecule has 1 aliphatic carbocycles. The van der Waals surface area contributed by atoms with Crippen LogP contribution in [0.3, 0.4) is 0 Å². The number of carbonyl (C=O) groups excluding carboxylic acids is 2. The van der Waals surface area contributed by atoms with E-state index in [4.69, 9.17) is 4.74 Å². The van der Waals surface area contributed by atoms with Gasteiger partial charge in [0.15, 0.2) is 5.75 Å². The molecule has 2 aromatic rings. The van der Waals surface area contributed by atoms with Crippen LogP contribution in [-0.4, -0.2) is 51.3 Å². The van der Waals surface area contributed by atoms with Crippen LogP contribution in [0.1, 0.15) is 65.3 Å². The van der Waals surface area contributed by atoms with Crippen LogP contribution in [0.4, 0.5) is 0 Å². The number of aliphatic hydroxyl groups is 1. The minimum atomic E-state index is -0.384. The summed E-state index contributed by atoms with van der Waals surface area (Å²) in [5.74, 6) is -0.401. The van der Waals surface area contributed by atoms with E-state index in [2.05, 4.69) is 25.8 Å². The highest BCUT2D eigenvalue weighted by molar-refractivity contribution is 5.99. The van der Waals surface area contributed by atoms with Crippen LogP contribution < -0.4 is 15.4 Å². The first kappa shape index (κ1) is 19.8. The number of hydrogen-bond donors (Lipinski definition) is 4. The van der Waals surface area contributed by atoms with Gasteiger partial charge in [0.2, 0.25) is 0 Å². The molecular weight excluding hydrogens is 362 g/mol. The van der Waals surface area contributed by atoms with Gasteiger partial charge in [0.1, 0.15) is 17.5 Å². The van der Waals surface area contributed by atoms with Gasteiger partial charge in [-0.3, -0.25) is 9.59 Å². The summed E-state index contributed by atoms with van der Waals surface area (Å²) in [5, 5.41) is 22.7. The fourth-order valence-corrected chi connectivity index (χ4v) is 3.23. The number of amides is 2. The first-order valence-corrected chi connectivity index (χ1v) is 9.35. The zero-order chi connectivity index (χ0) is 20.1. The van der Waals surface area contributed by atoms with Crippen molar-refractivity contribution in [2.75, 3.05) is 7.05 Å². The van der Waals surface area contributed by atoms with Crippen molar-refractivity contribution in [3.63, 3.8) is 0 Å². The second kappa shape index (κ2) is 8.83. The van der Waals surface area contributed by atoms with Crippen LogP contribution in [0, 0.1) is 0 Å². The second-order valence-electron chi connectivity index (χ2n) is 6.92. The largest absolute Gasteiger partial charge is 0.483 e. The molecule has 9 nitrogen and oxygen atoms in total. The number of nitrogens with one attached hydrogen (secondary N) is 3. The Balaban J connectivity index is 1.75. The molecule has 0 aliphatic heterocycles. The van der Waals surface area contributed by atoms with Crippen molar-refractivity contribution in [2.45, 2.75) is 50.9 Å². The molecule has 1 unspecified atom stereocenters. The molecule has 4 N–H and O–H groups in total. The van der Waals surface area contributed by atoms with Crippen LogP contribution in [0.25, 0.3) is 0 Å². The van der Waals surface area contributed by atoms with Gasteiger partial charge in [-0.25, -0.2) is 0 Å². The number of rotatable bonds is 6. The van der Waals surface area contributed by atoms with Gasteiger partial charge in [0, 0.05) is 30.9 Å². The summed E-state index contributed by atoms with van der Waals surface area (Å²) in [5.41, 5.74) is 1.23. The third-order valence-corrected chi connectivity index (χ3v) is 4.89. The van der Waals surface area contributed by atoms with E-state index >= 15 is 0 Å². The lowest BCUT2D eigenvalue weighted by Crippen LogP contribution is -2.38. The van der Waals surface area contributed by atoms with Crippen molar-refractivity contribution in [2.24, 2.45) is 0 Å². The highest BCUT2D eigenvalue weighted by Gasteiger charge is 2.25. The van der Waals surface area contributed by atoms with Gasteiger partial charge in [-0.05, 0) is 38.7 Å². The molecule has 1 fully saturated rings. The van der Waals surface area contributed by atoms with Crippen molar-refractivity contribution < 1.29 is 19.4 Å². The van der Waals surface area contributed by atoms with Crippen LogP contribution in [0.2, 0.25) is 0 Å². The molecule has 0 saturated heterocycles. The molecule has 1 atom stereocenters. The number of aromatic nitrogens is 3. The molecule has 3 rings (SSSR count). The quantitative estimate of drug-likeness (QED) is 0.592. The van der Waals surface area contributed by atoms with Gasteiger partial charge in [-0.15, -0.1) is 0 Å². The van der Waals surface area contributed by atoms with Gasteiger partial charge in [0.05, 0.1) is 12.3 Å². The Morgan fingerprint density at radius 3 is 2.64 bits per heavy atom. The molecule has 0 radical (unpaired) electrons. The van der Waals surface area contributed by atoms with Crippen LogP contribution in [0.5, 0.6) is 5.75 Å². The molecule has 2 aromatic heterocycles. The van der Waals surface area contributed by atoms with Crippen molar-refractivity contribution in [1.82, 2.24) is 25.8 Å². The Kier molecular flexibility index (Phi) is 6.25. The second-order valence-corrected chi connectivity index (χ2v) is 6.92. The highest BCUT2D eigenvalue weighted by atomic mass is 16.5. The Labute approximate surface area is 162 Å². The lowest BCUT2D eigenvalue weighted by atomic mass is 9.93. The fraction of sp³-hybridized carbons (Fsp3) is 0.474. The molecule has 2 amide bonds. The Hall–Kier alpha value is -2.94. The molecule has 0 bridgehead atoms. The van der Waals surface area contributed by atoms with Crippen LogP contribution in [0.15, 0.2) is 24.5 Å². The molecular formula is C19H25N5O4. The third kappa shape index (κ3) is 4.66. The Morgan fingerprint density at radius 2 is 2.00 bits per heavy atom. The zero-order valence-corrected chi connectivity index (χ0v) is 15.9. The third-order valence-electron chi connectivity index (χ3n) is 4.89. The molecule has 1 aliphatic rings. The topological polar surface area (TPSA) is 129 Å². The lowest BCUT2D eigenvalue weighted by Gasteiger charge is -2.25. The first-order valence-electron chi connectivity index (χ1n) is 9.35. The summed E-state index contributed by atoms with van der Waals surface area (Å²) >= 11 is 0. The monoisotopic (exact) mass is 387 g/mol. The summed E-state index contributed by atoms with van der Waals surface area (Å²) in [7, 11) is 1.51. The average Bonchev–Trinajstić information content (AvgIpc) is 3.13. The van der Waals surface area contributed by atoms with E-state index in [1.807, 2.05) is 6.92 Å². The summed E-state index contributed by atoms with van der Waals surface area (Å²) in [6.07, 6.45) is 5.27. The Morgan fingerprint density at radius 1 is 1.25 bits per heavy atom. The predicted molar refractivity (Wildman–Crippen MR) is 101 cm³/mol. The number of aliphatic hydroxyl groups excluding tert-OH is 1. The number of nitrogens with zero attached hydrogens (tertiary/aromatic N) is 2. The normalized spacial score (nSPS) is 20.2. The van der Waals surface area contributed by atoms with Gasteiger partial charge >= 0.3 is 0 Å². The van der Waals surface area contributed by atoms with Crippen LogP contribution >= 0.6 is 0 Å². The van der Waals surface area contributed by atoms with E-state index in [9.17, 15) is 14.7 Å². The standard InChI is InChI=1S/C19H25N5O4/c1-11(12-7-8-21-22-10-12)28-16-9-15(24-17(16)19(27)20-2)18(26)23-13-3-5-14(25)6-4-13/h7-11,13-14,24-25H,3-6H2,1-2H3,(H,20,27)(H,23,26)/t11?,13-,14+.